The number of carbonyl (C=O) groups is 2. The van der Waals surface area contributed by atoms with Crippen LogP contribution in [0, 0.1) is 5.92 Å². The standard InChI is InChI=1S/C12H21NO3/c1-4-6-7-8-10(14)13-11(12(15)16)9(3)5-2/h4,9,11H,1,5-8H2,2-3H3,(H,13,14)(H,15,16)/t9-,11-/m0/s1. The molecule has 92 valence electrons. The van der Waals surface area contributed by atoms with E-state index in [1.165, 1.54) is 0 Å². The first-order valence-corrected chi connectivity index (χ1v) is 5.66. The van der Waals surface area contributed by atoms with Gasteiger partial charge in [0.1, 0.15) is 6.04 Å². The van der Waals surface area contributed by atoms with Crippen LogP contribution in [0.5, 0.6) is 0 Å². The van der Waals surface area contributed by atoms with E-state index in [-0.39, 0.29) is 11.8 Å². The number of nitrogens with one attached hydrogen (secondary N) is 1. The van der Waals surface area contributed by atoms with Gasteiger partial charge in [-0.25, -0.2) is 4.79 Å². The van der Waals surface area contributed by atoms with Crippen LogP contribution in [0.25, 0.3) is 0 Å². The Morgan fingerprint density at radius 2 is 2.12 bits per heavy atom. The molecule has 0 aromatic carbocycles. The third-order valence-corrected chi connectivity index (χ3v) is 2.61. The van der Waals surface area contributed by atoms with Gasteiger partial charge in [0.15, 0.2) is 0 Å². The first-order valence-electron chi connectivity index (χ1n) is 5.66. The van der Waals surface area contributed by atoms with Crippen LogP contribution in [0.15, 0.2) is 12.7 Å². The van der Waals surface area contributed by atoms with Crippen LogP contribution in [-0.4, -0.2) is 23.0 Å². The minimum absolute atomic E-state index is 0.0548. The first-order chi connectivity index (χ1) is 7.52. The Hall–Kier alpha value is -1.32. The molecule has 0 saturated carbocycles. The Bertz CT molecular complexity index is 251. The summed E-state index contributed by atoms with van der Waals surface area (Å²) in [6, 6.07) is -0.777. The molecule has 0 aromatic rings. The fraction of sp³-hybridized carbons (Fsp3) is 0.667. The van der Waals surface area contributed by atoms with Crippen LogP contribution < -0.4 is 5.32 Å². The maximum absolute atomic E-state index is 11.4. The number of aliphatic carboxylic acids is 1. The normalized spacial score (nSPS) is 13.9. The molecule has 0 saturated heterocycles. The summed E-state index contributed by atoms with van der Waals surface area (Å²) in [5.74, 6) is -1.22. The van der Waals surface area contributed by atoms with E-state index in [0.717, 1.165) is 12.8 Å². The van der Waals surface area contributed by atoms with Gasteiger partial charge in [0, 0.05) is 6.42 Å². The number of amides is 1. The van der Waals surface area contributed by atoms with Gasteiger partial charge in [-0.05, 0) is 18.8 Å². The topological polar surface area (TPSA) is 66.4 Å². The van der Waals surface area contributed by atoms with Gasteiger partial charge in [0.05, 0.1) is 0 Å². The molecule has 0 unspecified atom stereocenters. The molecule has 0 bridgehead atoms. The highest BCUT2D eigenvalue weighted by molar-refractivity contribution is 5.83. The average molecular weight is 227 g/mol. The molecular weight excluding hydrogens is 206 g/mol. The summed E-state index contributed by atoms with van der Waals surface area (Å²) in [4.78, 5) is 22.4. The minimum atomic E-state index is -0.966. The summed E-state index contributed by atoms with van der Waals surface area (Å²) >= 11 is 0. The van der Waals surface area contributed by atoms with Crippen LogP contribution in [0.3, 0.4) is 0 Å². The molecule has 0 rings (SSSR count). The first kappa shape index (κ1) is 14.7. The van der Waals surface area contributed by atoms with Gasteiger partial charge in [-0.2, -0.15) is 0 Å². The van der Waals surface area contributed by atoms with Crippen molar-refractivity contribution in [1.29, 1.82) is 0 Å². The van der Waals surface area contributed by atoms with Gasteiger partial charge < -0.3 is 10.4 Å². The summed E-state index contributed by atoms with van der Waals surface area (Å²) in [5.41, 5.74) is 0. The van der Waals surface area contributed by atoms with Crippen molar-refractivity contribution >= 4 is 11.9 Å². The molecule has 2 atom stereocenters. The highest BCUT2D eigenvalue weighted by Crippen LogP contribution is 2.08. The SMILES string of the molecule is C=CCCCC(=O)N[C@H](C(=O)O)[C@@H](C)CC. The summed E-state index contributed by atoms with van der Waals surface area (Å²) in [7, 11) is 0. The molecule has 0 fully saturated rings. The second-order valence-corrected chi connectivity index (χ2v) is 3.95. The second-order valence-electron chi connectivity index (χ2n) is 3.95. The van der Waals surface area contributed by atoms with Crippen molar-refractivity contribution < 1.29 is 14.7 Å². The van der Waals surface area contributed by atoms with Gasteiger partial charge in [0.2, 0.25) is 5.91 Å². The number of rotatable bonds is 8. The predicted octanol–water partition coefficient (Wildman–Crippen LogP) is 1.96. The van der Waals surface area contributed by atoms with Crippen molar-refractivity contribution in [2.75, 3.05) is 0 Å². The van der Waals surface area contributed by atoms with E-state index >= 15 is 0 Å². The zero-order valence-corrected chi connectivity index (χ0v) is 10.0. The Kier molecular flexibility index (Phi) is 7.25. The minimum Gasteiger partial charge on any atom is -0.480 e. The third-order valence-electron chi connectivity index (χ3n) is 2.61. The highest BCUT2D eigenvalue weighted by Gasteiger charge is 2.24. The molecule has 16 heavy (non-hydrogen) atoms. The van der Waals surface area contributed by atoms with E-state index in [9.17, 15) is 9.59 Å². The molecule has 4 heteroatoms. The van der Waals surface area contributed by atoms with Crippen molar-refractivity contribution in [3.05, 3.63) is 12.7 Å². The smallest absolute Gasteiger partial charge is 0.326 e. The van der Waals surface area contributed by atoms with Gasteiger partial charge in [-0.1, -0.05) is 26.3 Å². The molecular formula is C12H21NO3. The number of allylic oxidation sites excluding steroid dienone is 1. The van der Waals surface area contributed by atoms with E-state index in [2.05, 4.69) is 11.9 Å². The van der Waals surface area contributed by atoms with Crippen LogP contribution >= 0.6 is 0 Å². The number of hydrogen-bond donors (Lipinski definition) is 2. The fourth-order valence-corrected chi connectivity index (χ4v) is 1.34. The van der Waals surface area contributed by atoms with Gasteiger partial charge in [-0.15, -0.1) is 6.58 Å². The third kappa shape index (κ3) is 5.53. The number of carbonyl (C=O) groups excluding carboxylic acids is 1. The summed E-state index contributed by atoms with van der Waals surface area (Å²) in [6.45, 7) is 7.29. The van der Waals surface area contributed by atoms with Gasteiger partial charge >= 0.3 is 5.97 Å². The molecule has 4 nitrogen and oxygen atoms in total. The lowest BCUT2D eigenvalue weighted by Gasteiger charge is -2.19. The molecule has 0 aliphatic heterocycles. The lowest BCUT2D eigenvalue weighted by Crippen LogP contribution is -2.44. The highest BCUT2D eigenvalue weighted by atomic mass is 16.4. The number of unbranched alkanes of at least 4 members (excludes halogenated alkanes) is 1. The van der Waals surface area contributed by atoms with E-state index in [4.69, 9.17) is 5.11 Å². The number of hydrogen-bond acceptors (Lipinski definition) is 2. The van der Waals surface area contributed by atoms with Crippen LogP contribution in [0.4, 0.5) is 0 Å². The van der Waals surface area contributed by atoms with Gasteiger partial charge in [0.25, 0.3) is 0 Å². The maximum Gasteiger partial charge on any atom is 0.326 e. The monoisotopic (exact) mass is 227 g/mol. The van der Waals surface area contributed by atoms with Crippen LogP contribution in [0.1, 0.15) is 39.5 Å². The summed E-state index contributed by atoms with van der Waals surface area (Å²) < 4.78 is 0. The molecule has 0 spiro atoms. The molecule has 0 radical (unpaired) electrons. The zero-order chi connectivity index (χ0) is 12.6. The Morgan fingerprint density at radius 3 is 2.56 bits per heavy atom. The summed E-state index contributed by atoms with van der Waals surface area (Å²) in [6.07, 6.45) is 4.31. The van der Waals surface area contributed by atoms with Crippen molar-refractivity contribution in [2.24, 2.45) is 5.92 Å². The molecule has 1 amide bonds. The Balaban J connectivity index is 4.13. The molecule has 2 N–H and O–H groups in total. The van der Waals surface area contributed by atoms with E-state index in [1.54, 1.807) is 6.08 Å². The Labute approximate surface area is 96.7 Å². The number of carboxylic acids is 1. The van der Waals surface area contributed by atoms with E-state index in [0.29, 0.717) is 12.8 Å². The quantitative estimate of drug-likeness (QED) is 0.492. The summed E-state index contributed by atoms with van der Waals surface area (Å²) in [5, 5.41) is 11.5. The molecule has 0 aromatic heterocycles. The van der Waals surface area contributed by atoms with Crippen molar-refractivity contribution in [2.45, 2.75) is 45.6 Å². The molecule has 0 aliphatic rings. The second kappa shape index (κ2) is 7.91. The van der Waals surface area contributed by atoms with Gasteiger partial charge in [-0.3, -0.25) is 4.79 Å². The Morgan fingerprint density at radius 1 is 1.50 bits per heavy atom. The van der Waals surface area contributed by atoms with E-state index in [1.807, 2.05) is 13.8 Å². The molecule has 0 heterocycles. The van der Waals surface area contributed by atoms with Crippen LogP contribution in [0.2, 0.25) is 0 Å². The lowest BCUT2D eigenvalue weighted by molar-refractivity contribution is -0.143. The zero-order valence-electron chi connectivity index (χ0n) is 10.0. The fourth-order valence-electron chi connectivity index (χ4n) is 1.34. The molecule has 0 aliphatic carbocycles. The maximum atomic E-state index is 11.4. The number of carboxylic acid groups (broad SMARTS) is 1. The van der Waals surface area contributed by atoms with E-state index < -0.39 is 12.0 Å². The van der Waals surface area contributed by atoms with Crippen molar-refractivity contribution in [1.82, 2.24) is 5.32 Å². The predicted molar refractivity (Wildman–Crippen MR) is 63.1 cm³/mol. The largest absolute Gasteiger partial charge is 0.480 e. The average Bonchev–Trinajstić information content (AvgIpc) is 2.25. The van der Waals surface area contributed by atoms with Crippen molar-refractivity contribution in [3.8, 4) is 0 Å². The van der Waals surface area contributed by atoms with Crippen molar-refractivity contribution in [3.63, 3.8) is 0 Å². The van der Waals surface area contributed by atoms with Crippen LogP contribution in [-0.2, 0) is 9.59 Å². The lowest BCUT2D eigenvalue weighted by atomic mass is 9.99.